The second-order valence-electron chi connectivity index (χ2n) is 3.53. The fourth-order valence-electron chi connectivity index (χ4n) is 1.30. The normalized spacial score (nSPS) is 14.3. The Hall–Kier alpha value is 0.1000. The van der Waals surface area contributed by atoms with Gasteiger partial charge in [-0.25, -0.2) is 0 Å². The molecule has 1 aromatic carbocycles. The predicted octanol–water partition coefficient (Wildman–Crippen LogP) is 4.22. The van der Waals surface area contributed by atoms with Gasteiger partial charge in [-0.05, 0) is 43.2 Å². The van der Waals surface area contributed by atoms with Crippen LogP contribution < -0.4 is 0 Å². The maximum absolute atomic E-state index is 10.4. The summed E-state index contributed by atoms with van der Waals surface area (Å²) in [5.41, 5.74) is -0.0153. The molecule has 0 aliphatic rings. The van der Waals surface area contributed by atoms with Gasteiger partial charge in [0, 0.05) is 8.71 Å². The van der Waals surface area contributed by atoms with Crippen LogP contribution in [0.1, 0.15) is 12.5 Å². The van der Waals surface area contributed by atoms with Crippen molar-refractivity contribution in [1.82, 2.24) is 0 Å². The summed E-state index contributed by atoms with van der Waals surface area (Å²) in [4.78, 5) is 0. The highest BCUT2D eigenvalue weighted by atomic mass is 79.9. The molecule has 0 aliphatic heterocycles. The van der Waals surface area contributed by atoms with Gasteiger partial charge >= 0.3 is 0 Å². The molecule has 0 aliphatic carbocycles. The van der Waals surface area contributed by atoms with Crippen molar-refractivity contribution in [2.24, 2.45) is 0 Å². The first kappa shape index (κ1) is 14.2. The van der Waals surface area contributed by atoms with Gasteiger partial charge in [-0.2, -0.15) is 0 Å². The molecule has 1 nitrogen and oxygen atoms in total. The Morgan fingerprint density at radius 2 is 1.75 bits per heavy atom. The van der Waals surface area contributed by atoms with Crippen molar-refractivity contribution in [2.75, 3.05) is 12.5 Å². The summed E-state index contributed by atoms with van der Waals surface area (Å²) in [6, 6.07) is 7.74. The Balaban J connectivity index is 3.01. The summed E-state index contributed by atoms with van der Waals surface area (Å²) in [7, 11) is 0. The van der Waals surface area contributed by atoms with Crippen molar-refractivity contribution in [3.63, 3.8) is 0 Å². The minimum Gasteiger partial charge on any atom is -0.381 e. The second kappa shape index (κ2) is 6.15. The van der Waals surface area contributed by atoms with E-state index in [1.165, 1.54) is 0 Å². The van der Waals surface area contributed by atoms with Crippen LogP contribution in [0.4, 0.5) is 0 Å². The molecule has 1 N–H and O–H groups in total. The van der Waals surface area contributed by atoms with E-state index in [0.29, 0.717) is 0 Å². The van der Waals surface area contributed by atoms with E-state index in [9.17, 15) is 5.11 Å². The molecule has 0 amide bonds. The molecule has 0 bridgehead atoms. The number of hydrogen-bond acceptors (Lipinski definition) is 3. The molecule has 0 radical (unpaired) electrons. The van der Waals surface area contributed by atoms with Gasteiger partial charge in [0.2, 0.25) is 0 Å². The Morgan fingerprint density at radius 1 is 1.25 bits per heavy atom. The van der Waals surface area contributed by atoms with Gasteiger partial charge in [0.15, 0.2) is 0 Å². The molecule has 1 atom stereocenters. The number of aliphatic hydroxyl groups is 1. The highest BCUT2D eigenvalue weighted by Gasteiger charge is 2.20. The molecule has 1 unspecified atom stereocenters. The third-order valence-electron chi connectivity index (χ3n) is 2.23. The molecule has 0 spiro atoms. The van der Waals surface area contributed by atoms with Crippen molar-refractivity contribution in [1.29, 1.82) is 0 Å². The zero-order valence-electron chi connectivity index (χ0n) is 9.53. The lowest BCUT2D eigenvalue weighted by molar-refractivity contribution is 0.111. The van der Waals surface area contributed by atoms with Crippen molar-refractivity contribution in [3.05, 3.63) is 44.6 Å². The average Bonchev–Trinajstić information content (AvgIpc) is 2.26. The molecule has 4 heteroatoms. The summed E-state index contributed by atoms with van der Waals surface area (Å²) in [5, 5.41) is 10.4. The van der Waals surface area contributed by atoms with Crippen LogP contribution in [0.3, 0.4) is 0 Å². The third kappa shape index (κ3) is 3.84. The maximum atomic E-state index is 10.4. The minimum atomic E-state index is -0.915. The van der Waals surface area contributed by atoms with Crippen molar-refractivity contribution in [2.45, 2.75) is 12.5 Å². The van der Waals surface area contributed by atoms with E-state index in [4.69, 9.17) is 0 Å². The van der Waals surface area contributed by atoms with Crippen molar-refractivity contribution >= 4 is 39.5 Å². The van der Waals surface area contributed by atoms with Crippen LogP contribution in [0.2, 0.25) is 0 Å². The molecule has 1 rings (SSSR count). The van der Waals surface area contributed by atoms with Crippen LogP contribution in [-0.4, -0.2) is 17.6 Å². The van der Waals surface area contributed by atoms with Crippen LogP contribution >= 0.6 is 39.5 Å². The van der Waals surface area contributed by atoms with E-state index >= 15 is 0 Å². The van der Waals surface area contributed by atoms with Gasteiger partial charge < -0.3 is 5.11 Å². The Morgan fingerprint density at radius 3 is 2.19 bits per heavy atom. The lowest BCUT2D eigenvalue weighted by Crippen LogP contribution is -2.17. The second-order valence-corrected chi connectivity index (χ2v) is 6.40. The number of thioether (sulfide) groups is 2. The fraction of sp³-hybridized carbons (Fsp3) is 0.333. The van der Waals surface area contributed by atoms with Crippen LogP contribution in [0.25, 0.3) is 0 Å². The molecule has 88 valence electrons. The maximum Gasteiger partial charge on any atom is 0.107 e. The van der Waals surface area contributed by atoms with Crippen LogP contribution in [0, 0.1) is 0 Å². The zero-order chi connectivity index (χ0) is 12.2. The van der Waals surface area contributed by atoms with Gasteiger partial charge in [-0.3, -0.25) is 0 Å². The number of rotatable bonds is 4. The first-order chi connectivity index (χ1) is 7.49. The van der Waals surface area contributed by atoms with Crippen LogP contribution in [-0.2, 0) is 5.60 Å². The molecular weight excluding hydrogens is 304 g/mol. The van der Waals surface area contributed by atoms with E-state index in [0.717, 1.165) is 14.3 Å². The summed E-state index contributed by atoms with van der Waals surface area (Å²) in [5.74, 6) is 0. The predicted molar refractivity (Wildman–Crippen MR) is 78.8 cm³/mol. The van der Waals surface area contributed by atoms with E-state index in [1.807, 2.05) is 49.8 Å². The number of benzene rings is 1. The summed E-state index contributed by atoms with van der Waals surface area (Å²) in [6.45, 7) is 1.81. The lowest BCUT2D eigenvalue weighted by atomic mass is 9.96. The summed E-state index contributed by atoms with van der Waals surface area (Å²) < 4.78 is 2.14. The number of halogens is 1. The average molecular weight is 319 g/mol. The quantitative estimate of drug-likeness (QED) is 0.897. The molecular formula is C12H15BrOS2. The largest absolute Gasteiger partial charge is 0.381 e. The Kier molecular flexibility index (Phi) is 5.44. The Bertz CT molecular complexity index is 365. The molecule has 1 aromatic rings. The molecule has 0 saturated heterocycles. The first-order valence-corrected chi connectivity index (χ1v) is 8.03. The van der Waals surface area contributed by atoms with Crippen LogP contribution in [0.15, 0.2) is 39.1 Å². The van der Waals surface area contributed by atoms with Crippen molar-refractivity contribution in [3.8, 4) is 0 Å². The molecule has 0 saturated carbocycles. The summed E-state index contributed by atoms with van der Waals surface area (Å²) >= 11 is 6.68. The van der Waals surface area contributed by atoms with E-state index < -0.39 is 5.60 Å². The van der Waals surface area contributed by atoms with Crippen molar-refractivity contribution < 1.29 is 5.11 Å². The summed E-state index contributed by atoms with van der Waals surface area (Å²) in [6.07, 6.45) is 5.92. The first-order valence-electron chi connectivity index (χ1n) is 4.79. The van der Waals surface area contributed by atoms with E-state index in [-0.39, 0.29) is 0 Å². The van der Waals surface area contributed by atoms with Gasteiger partial charge in [0.05, 0.1) is 0 Å². The fourth-order valence-corrected chi connectivity index (χ4v) is 2.93. The van der Waals surface area contributed by atoms with E-state index in [1.54, 1.807) is 23.5 Å². The molecule has 0 aromatic heterocycles. The van der Waals surface area contributed by atoms with Gasteiger partial charge in [0.1, 0.15) is 5.60 Å². The highest BCUT2D eigenvalue weighted by Crippen LogP contribution is 2.31. The van der Waals surface area contributed by atoms with Gasteiger partial charge in [-0.15, -0.1) is 23.5 Å². The van der Waals surface area contributed by atoms with E-state index in [2.05, 4.69) is 15.9 Å². The van der Waals surface area contributed by atoms with Gasteiger partial charge in [-0.1, -0.05) is 28.1 Å². The highest BCUT2D eigenvalue weighted by molar-refractivity contribution is 9.10. The van der Waals surface area contributed by atoms with Gasteiger partial charge in [0.25, 0.3) is 0 Å². The third-order valence-corrected chi connectivity index (χ3v) is 4.80. The topological polar surface area (TPSA) is 20.2 Å². The smallest absolute Gasteiger partial charge is 0.107 e. The lowest BCUT2D eigenvalue weighted by Gasteiger charge is -2.21. The molecule has 0 fully saturated rings. The molecule has 0 heterocycles. The monoisotopic (exact) mass is 318 g/mol. The standard InChI is InChI=1S/C12H15BrOS2/c1-12(14,8-11(15-2)16-3)9-4-6-10(13)7-5-9/h4-8,14H,1-3H3. The number of hydrogen-bond donors (Lipinski definition) is 1. The molecule has 16 heavy (non-hydrogen) atoms. The Labute approximate surface area is 114 Å². The SMILES string of the molecule is CSC(=CC(C)(O)c1ccc(Br)cc1)SC. The zero-order valence-corrected chi connectivity index (χ0v) is 12.7. The minimum absolute atomic E-state index is 0.899. The van der Waals surface area contributed by atoms with Crippen LogP contribution in [0.5, 0.6) is 0 Å².